The van der Waals surface area contributed by atoms with Gasteiger partial charge >= 0.3 is 0 Å². The normalized spacial score (nSPS) is 21.9. The Hall–Kier alpha value is -1.42. The number of aliphatic hydroxyl groups excluding tert-OH is 2. The van der Waals surface area contributed by atoms with Crippen molar-refractivity contribution in [3.63, 3.8) is 0 Å². The molecule has 3 atom stereocenters. The van der Waals surface area contributed by atoms with Gasteiger partial charge in [-0.2, -0.15) is 0 Å². The van der Waals surface area contributed by atoms with E-state index >= 15 is 0 Å². The molecule has 3 heteroatoms. The highest BCUT2D eigenvalue weighted by Crippen LogP contribution is 2.26. The fourth-order valence-electron chi connectivity index (χ4n) is 4.07. The Morgan fingerprint density at radius 1 is 1.11 bits per heavy atom. The van der Waals surface area contributed by atoms with Crippen LogP contribution < -0.4 is 0 Å². The molecule has 1 aliphatic rings. The van der Waals surface area contributed by atoms with Gasteiger partial charge in [0, 0.05) is 0 Å². The van der Waals surface area contributed by atoms with Gasteiger partial charge in [-0.05, 0) is 75.8 Å². The second-order valence-corrected chi connectivity index (χ2v) is 9.00. The van der Waals surface area contributed by atoms with Gasteiger partial charge in [-0.15, -0.1) is 0 Å². The van der Waals surface area contributed by atoms with Crippen LogP contribution in [0, 0.1) is 5.92 Å². The van der Waals surface area contributed by atoms with Crippen LogP contribution in [0.2, 0.25) is 0 Å². The van der Waals surface area contributed by atoms with Gasteiger partial charge in [-0.25, -0.2) is 0 Å². The van der Waals surface area contributed by atoms with Crippen LogP contribution in [-0.4, -0.2) is 27.5 Å². The summed E-state index contributed by atoms with van der Waals surface area (Å²) in [5.74, 6) is 0.658. The highest BCUT2D eigenvalue weighted by atomic mass is 16.3. The largest absolute Gasteiger partial charge is 0.393 e. The van der Waals surface area contributed by atoms with Crippen molar-refractivity contribution in [2.45, 2.75) is 89.9 Å². The van der Waals surface area contributed by atoms with Gasteiger partial charge in [0.05, 0.1) is 17.8 Å². The van der Waals surface area contributed by atoms with Crippen molar-refractivity contribution in [2.75, 3.05) is 0 Å². The van der Waals surface area contributed by atoms with Crippen LogP contribution in [0.4, 0.5) is 0 Å². The van der Waals surface area contributed by atoms with Crippen LogP contribution in [0.3, 0.4) is 0 Å². The van der Waals surface area contributed by atoms with Crippen LogP contribution in [-0.2, 0) is 12.0 Å². The molecule has 0 spiro atoms. The number of benzene rings is 1. The molecule has 1 aromatic carbocycles. The summed E-state index contributed by atoms with van der Waals surface area (Å²) in [6.45, 7) is 6.01. The minimum absolute atomic E-state index is 0.397. The standard InChI is InChI=1S/C25H38O3/c1-19(14-15-21-12-8-9-13-24(21)25(2,3)28)10-6-4-5-7-11-20-16-22(26)18-23(27)17-20/h5,7-9,11-13,19,22-23,26-28H,4,6,10,14-18H2,1-3H3/t19?,22-,23-/m1/s1. The van der Waals surface area contributed by atoms with E-state index in [1.54, 1.807) is 0 Å². The van der Waals surface area contributed by atoms with E-state index in [1.807, 2.05) is 26.0 Å². The van der Waals surface area contributed by atoms with E-state index in [0.717, 1.165) is 30.4 Å². The Kier molecular flexibility index (Phi) is 8.94. The molecular formula is C25H38O3. The SMILES string of the molecule is CC(CCCC=CC=C1C[C@@H](O)C[C@H](O)C1)CCc1ccccc1C(C)(C)O. The molecule has 1 unspecified atom stereocenters. The number of hydrogen-bond donors (Lipinski definition) is 3. The molecule has 0 aromatic heterocycles. The van der Waals surface area contributed by atoms with Crippen LogP contribution in [0.25, 0.3) is 0 Å². The number of aryl methyl sites for hydroxylation is 1. The van der Waals surface area contributed by atoms with Crippen molar-refractivity contribution in [3.8, 4) is 0 Å². The zero-order chi connectivity index (χ0) is 20.6. The zero-order valence-electron chi connectivity index (χ0n) is 17.8. The van der Waals surface area contributed by atoms with Gasteiger partial charge in [-0.1, -0.05) is 61.4 Å². The highest BCUT2D eigenvalue weighted by Gasteiger charge is 2.21. The Morgan fingerprint density at radius 2 is 1.79 bits per heavy atom. The fourth-order valence-corrected chi connectivity index (χ4v) is 4.07. The third kappa shape index (κ3) is 7.90. The lowest BCUT2D eigenvalue weighted by atomic mass is 9.88. The maximum Gasteiger partial charge on any atom is 0.0843 e. The number of hydrogen-bond acceptors (Lipinski definition) is 3. The Bertz CT molecular complexity index is 642. The van der Waals surface area contributed by atoms with Gasteiger partial charge in [-0.3, -0.25) is 0 Å². The molecule has 1 fully saturated rings. The highest BCUT2D eigenvalue weighted by molar-refractivity contribution is 5.31. The number of rotatable bonds is 9. The van der Waals surface area contributed by atoms with E-state index < -0.39 is 17.8 Å². The van der Waals surface area contributed by atoms with Gasteiger partial charge < -0.3 is 15.3 Å². The maximum absolute atomic E-state index is 10.3. The van der Waals surface area contributed by atoms with Crippen molar-refractivity contribution in [3.05, 3.63) is 59.2 Å². The lowest BCUT2D eigenvalue weighted by Crippen LogP contribution is -2.24. The van der Waals surface area contributed by atoms with Gasteiger partial charge in [0.15, 0.2) is 0 Å². The van der Waals surface area contributed by atoms with Crippen LogP contribution >= 0.6 is 0 Å². The number of unbranched alkanes of at least 4 members (excludes halogenated alkanes) is 1. The first kappa shape index (κ1) is 22.9. The predicted molar refractivity (Wildman–Crippen MR) is 116 cm³/mol. The predicted octanol–water partition coefficient (Wildman–Crippen LogP) is 5.04. The Morgan fingerprint density at radius 3 is 2.46 bits per heavy atom. The third-order valence-corrected chi connectivity index (χ3v) is 5.66. The molecule has 1 saturated carbocycles. The van der Waals surface area contributed by atoms with E-state index in [0.29, 0.717) is 25.2 Å². The lowest BCUT2D eigenvalue weighted by Gasteiger charge is -2.24. The fraction of sp³-hybridized carbons (Fsp3) is 0.600. The summed E-state index contributed by atoms with van der Waals surface area (Å²) in [5.41, 5.74) is 2.64. The van der Waals surface area contributed by atoms with E-state index in [9.17, 15) is 15.3 Å². The second kappa shape index (κ2) is 10.9. The van der Waals surface area contributed by atoms with Crippen LogP contribution in [0.15, 0.2) is 48.1 Å². The molecule has 0 bridgehead atoms. The molecule has 156 valence electrons. The van der Waals surface area contributed by atoms with E-state index in [1.165, 1.54) is 18.4 Å². The molecule has 0 saturated heterocycles. The van der Waals surface area contributed by atoms with Gasteiger partial charge in [0.1, 0.15) is 0 Å². The van der Waals surface area contributed by atoms with Crippen LogP contribution in [0.5, 0.6) is 0 Å². The summed E-state index contributed by atoms with van der Waals surface area (Å²) >= 11 is 0. The van der Waals surface area contributed by atoms with Crippen molar-refractivity contribution in [1.82, 2.24) is 0 Å². The first-order chi connectivity index (χ1) is 13.3. The summed E-state index contributed by atoms with van der Waals surface area (Å²) in [6.07, 6.45) is 13.0. The van der Waals surface area contributed by atoms with E-state index in [4.69, 9.17) is 0 Å². The van der Waals surface area contributed by atoms with Crippen LogP contribution in [0.1, 0.15) is 76.8 Å². The smallest absolute Gasteiger partial charge is 0.0843 e. The second-order valence-electron chi connectivity index (χ2n) is 9.00. The Balaban J connectivity index is 1.69. The summed E-state index contributed by atoms with van der Waals surface area (Å²) < 4.78 is 0. The quantitative estimate of drug-likeness (QED) is 0.521. The summed E-state index contributed by atoms with van der Waals surface area (Å²) in [5, 5.41) is 29.8. The number of allylic oxidation sites excluding steroid dienone is 3. The van der Waals surface area contributed by atoms with E-state index in [2.05, 4.69) is 37.3 Å². The minimum atomic E-state index is -0.788. The maximum atomic E-state index is 10.3. The molecule has 3 nitrogen and oxygen atoms in total. The molecule has 3 N–H and O–H groups in total. The van der Waals surface area contributed by atoms with E-state index in [-0.39, 0.29) is 0 Å². The molecule has 0 radical (unpaired) electrons. The molecule has 1 aromatic rings. The first-order valence-electron chi connectivity index (χ1n) is 10.8. The first-order valence-corrected chi connectivity index (χ1v) is 10.8. The molecule has 2 rings (SSSR count). The summed E-state index contributed by atoms with van der Waals surface area (Å²) in [4.78, 5) is 0. The Labute approximate surface area is 170 Å². The van der Waals surface area contributed by atoms with Gasteiger partial charge in [0.25, 0.3) is 0 Å². The zero-order valence-corrected chi connectivity index (χ0v) is 17.8. The average molecular weight is 387 g/mol. The lowest BCUT2D eigenvalue weighted by molar-refractivity contribution is 0.0609. The monoisotopic (exact) mass is 386 g/mol. The molecule has 28 heavy (non-hydrogen) atoms. The summed E-state index contributed by atoms with van der Waals surface area (Å²) in [7, 11) is 0. The van der Waals surface area contributed by atoms with Crippen molar-refractivity contribution in [1.29, 1.82) is 0 Å². The molecule has 0 amide bonds. The molecule has 0 aliphatic heterocycles. The van der Waals surface area contributed by atoms with Crippen molar-refractivity contribution in [2.24, 2.45) is 5.92 Å². The third-order valence-electron chi connectivity index (χ3n) is 5.66. The topological polar surface area (TPSA) is 60.7 Å². The molecule has 1 aliphatic carbocycles. The number of aliphatic hydroxyl groups is 3. The molecular weight excluding hydrogens is 348 g/mol. The average Bonchev–Trinajstić information content (AvgIpc) is 2.61. The van der Waals surface area contributed by atoms with Gasteiger partial charge in [0.2, 0.25) is 0 Å². The minimum Gasteiger partial charge on any atom is -0.393 e. The summed E-state index contributed by atoms with van der Waals surface area (Å²) in [6, 6.07) is 8.22. The van der Waals surface area contributed by atoms with Crippen molar-refractivity contribution < 1.29 is 15.3 Å². The molecule has 0 heterocycles. The van der Waals surface area contributed by atoms with Crippen molar-refractivity contribution >= 4 is 0 Å².